The molecule has 0 radical (unpaired) electrons. The minimum atomic E-state index is 0. The average molecular weight is 245 g/mol. The van der Waals surface area contributed by atoms with Crippen molar-refractivity contribution in [2.75, 3.05) is 0 Å². The van der Waals surface area contributed by atoms with E-state index in [0.29, 0.717) is 11.8 Å². The van der Waals surface area contributed by atoms with Gasteiger partial charge in [-0.05, 0) is 61.7 Å². The predicted molar refractivity (Wildman–Crippen MR) is 64.8 cm³/mol. The molecule has 1 amide bonds. The van der Waals surface area contributed by atoms with Crippen molar-refractivity contribution in [3.8, 4) is 0 Å². The number of hydrogen-bond donors (Lipinski definition) is 2. The maximum atomic E-state index is 11.5. The van der Waals surface area contributed by atoms with Gasteiger partial charge in [0, 0.05) is 6.42 Å². The lowest BCUT2D eigenvalue weighted by molar-refractivity contribution is -0.129. The molecule has 4 saturated carbocycles. The van der Waals surface area contributed by atoms with Gasteiger partial charge in [0.2, 0.25) is 5.91 Å². The van der Waals surface area contributed by atoms with Crippen LogP contribution in [0.15, 0.2) is 0 Å². The van der Waals surface area contributed by atoms with Gasteiger partial charge in [0.05, 0.1) is 0 Å². The molecule has 0 heterocycles. The molecule has 0 aliphatic heterocycles. The van der Waals surface area contributed by atoms with Crippen LogP contribution in [0.1, 0.15) is 44.9 Å². The monoisotopic (exact) mass is 244 g/mol. The summed E-state index contributed by atoms with van der Waals surface area (Å²) in [5, 5.41) is 0. The van der Waals surface area contributed by atoms with Crippen molar-refractivity contribution in [2.24, 2.45) is 29.0 Å². The first-order chi connectivity index (χ1) is 7.19. The second-order valence-corrected chi connectivity index (χ2v) is 6.16. The summed E-state index contributed by atoms with van der Waals surface area (Å²) < 4.78 is 0. The first-order valence-corrected chi connectivity index (χ1v) is 6.18. The molecule has 16 heavy (non-hydrogen) atoms. The molecule has 0 saturated heterocycles. The van der Waals surface area contributed by atoms with E-state index in [4.69, 9.17) is 5.84 Å². The topological polar surface area (TPSA) is 55.1 Å². The summed E-state index contributed by atoms with van der Waals surface area (Å²) in [5.74, 6) is 8.00. The quantitative estimate of drug-likeness (QED) is 0.444. The Morgan fingerprint density at radius 3 is 1.94 bits per heavy atom. The Hall–Kier alpha value is -0.280. The lowest BCUT2D eigenvalue weighted by atomic mass is 9.49. The number of amides is 1. The summed E-state index contributed by atoms with van der Waals surface area (Å²) >= 11 is 0. The number of carbonyl (C=O) groups is 1. The van der Waals surface area contributed by atoms with E-state index in [1.165, 1.54) is 38.5 Å². The van der Waals surface area contributed by atoms with Crippen LogP contribution >= 0.6 is 12.4 Å². The van der Waals surface area contributed by atoms with Crippen LogP contribution in [0.3, 0.4) is 0 Å². The Kier molecular flexibility index (Phi) is 3.19. The van der Waals surface area contributed by atoms with Gasteiger partial charge >= 0.3 is 0 Å². The van der Waals surface area contributed by atoms with Crippen LogP contribution in [0.25, 0.3) is 0 Å². The van der Waals surface area contributed by atoms with Gasteiger partial charge in [-0.2, -0.15) is 0 Å². The zero-order chi connectivity index (χ0) is 10.5. The molecule has 4 heteroatoms. The minimum Gasteiger partial charge on any atom is -0.294 e. The van der Waals surface area contributed by atoms with Crippen molar-refractivity contribution >= 4 is 18.3 Å². The predicted octanol–water partition coefficient (Wildman–Crippen LogP) is 2.00. The molecule has 0 unspecified atom stereocenters. The van der Waals surface area contributed by atoms with Crippen LogP contribution in [-0.4, -0.2) is 5.91 Å². The highest BCUT2D eigenvalue weighted by atomic mass is 35.5. The molecule has 4 aliphatic rings. The van der Waals surface area contributed by atoms with E-state index in [1.54, 1.807) is 0 Å². The van der Waals surface area contributed by atoms with Gasteiger partial charge in [0.15, 0.2) is 0 Å². The Morgan fingerprint density at radius 2 is 1.56 bits per heavy atom. The molecule has 92 valence electrons. The highest BCUT2D eigenvalue weighted by molar-refractivity contribution is 5.85. The van der Waals surface area contributed by atoms with Gasteiger partial charge in [-0.25, -0.2) is 5.84 Å². The highest BCUT2D eigenvalue weighted by Crippen LogP contribution is 2.61. The number of rotatable bonds is 2. The van der Waals surface area contributed by atoms with Gasteiger partial charge in [0.1, 0.15) is 0 Å². The van der Waals surface area contributed by atoms with Crippen molar-refractivity contribution in [1.29, 1.82) is 0 Å². The van der Waals surface area contributed by atoms with Gasteiger partial charge in [-0.3, -0.25) is 10.2 Å². The van der Waals surface area contributed by atoms with Crippen LogP contribution in [0, 0.1) is 23.2 Å². The number of hydrazine groups is 1. The number of carbonyl (C=O) groups excluding carboxylic acids is 1. The van der Waals surface area contributed by atoms with E-state index in [2.05, 4.69) is 5.43 Å². The highest BCUT2D eigenvalue weighted by Gasteiger charge is 2.51. The molecule has 4 rings (SSSR count). The SMILES string of the molecule is Cl.NNC(=O)CC12CC3CC(CC(C3)C1)C2. The smallest absolute Gasteiger partial charge is 0.234 e. The third-order valence-electron chi connectivity index (χ3n) is 4.86. The Balaban J connectivity index is 0.000000963. The minimum absolute atomic E-state index is 0. The van der Waals surface area contributed by atoms with E-state index >= 15 is 0 Å². The Morgan fingerprint density at radius 1 is 1.12 bits per heavy atom. The second-order valence-electron chi connectivity index (χ2n) is 6.16. The summed E-state index contributed by atoms with van der Waals surface area (Å²) in [5.41, 5.74) is 2.63. The molecule has 4 bridgehead atoms. The molecule has 3 N–H and O–H groups in total. The summed E-state index contributed by atoms with van der Waals surface area (Å²) in [6.07, 6.45) is 8.83. The van der Waals surface area contributed by atoms with Crippen LogP contribution in [0.4, 0.5) is 0 Å². The van der Waals surface area contributed by atoms with Gasteiger partial charge in [0.25, 0.3) is 0 Å². The van der Waals surface area contributed by atoms with E-state index in [-0.39, 0.29) is 18.3 Å². The van der Waals surface area contributed by atoms with Crippen LogP contribution in [0.5, 0.6) is 0 Å². The first-order valence-electron chi connectivity index (χ1n) is 6.18. The van der Waals surface area contributed by atoms with Crippen molar-refractivity contribution in [1.82, 2.24) is 5.43 Å². The fraction of sp³-hybridized carbons (Fsp3) is 0.917. The summed E-state index contributed by atoms with van der Waals surface area (Å²) in [7, 11) is 0. The van der Waals surface area contributed by atoms with E-state index in [9.17, 15) is 4.79 Å². The number of nitrogens with two attached hydrogens (primary N) is 1. The molecular formula is C12H21ClN2O. The number of nitrogens with one attached hydrogen (secondary N) is 1. The Bertz CT molecular complexity index is 257. The molecule has 3 nitrogen and oxygen atoms in total. The van der Waals surface area contributed by atoms with Gasteiger partial charge < -0.3 is 0 Å². The molecule has 0 aromatic carbocycles. The number of halogens is 1. The first kappa shape index (κ1) is 12.2. The maximum absolute atomic E-state index is 11.5. The molecule has 0 atom stereocenters. The fourth-order valence-corrected chi connectivity index (χ4v) is 4.90. The summed E-state index contributed by atoms with van der Waals surface area (Å²) in [6, 6.07) is 0. The molecule has 0 spiro atoms. The normalized spacial score (nSPS) is 43.9. The van der Waals surface area contributed by atoms with Crippen molar-refractivity contribution < 1.29 is 4.79 Å². The van der Waals surface area contributed by atoms with Crippen molar-refractivity contribution in [3.63, 3.8) is 0 Å². The molecule has 4 aliphatic carbocycles. The van der Waals surface area contributed by atoms with E-state index < -0.39 is 0 Å². The van der Waals surface area contributed by atoms with Crippen molar-refractivity contribution in [2.45, 2.75) is 44.9 Å². The molecular weight excluding hydrogens is 224 g/mol. The average Bonchev–Trinajstić information content (AvgIpc) is 2.14. The van der Waals surface area contributed by atoms with Crippen LogP contribution < -0.4 is 11.3 Å². The standard InChI is InChI=1S/C12H20N2O.ClH/c13-14-11(15)7-12-4-8-1-9(5-12)3-10(2-8)6-12;/h8-10H,1-7,13H2,(H,14,15);1H. The number of hydrogen-bond acceptors (Lipinski definition) is 2. The fourth-order valence-electron chi connectivity index (χ4n) is 4.90. The van der Waals surface area contributed by atoms with Crippen molar-refractivity contribution in [3.05, 3.63) is 0 Å². The third-order valence-corrected chi connectivity index (χ3v) is 4.86. The summed E-state index contributed by atoms with van der Waals surface area (Å²) in [4.78, 5) is 11.5. The summed E-state index contributed by atoms with van der Waals surface area (Å²) in [6.45, 7) is 0. The second kappa shape index (κ2) is 4.19. The van der Waals surface area contributed by atoms with Gasteiger partial charge in [-0.1, -0.05) is 0 Å². The van der Waals surface area contributed by atoms with Crippen LogP contribution in [0.2, 0.25) is 0 Å². The third kappa shape index (κ3) is 1.95. The molecule has 4 fully saturated rings. The largest absolute Gasteiger partial charge is 0.294 e. The van der Waals surface area contributed by atoms with Crippen LogP contribution in [-0.2, 0) is 4.79 Å². The lowest BCUT2D eigenvalue weighted by Gasteiger charge is -2.56. The molecule has 0 aromatic rings. The Labute approximate surface area is 103 Å². The zero-order valence-corrected chi connectivity index (χ0v) is 10.4. The zero-order valence-electron chi connectivity index (χ0n) is 9.58. The van der Waals surface area contributed by atoms with E-state index in [0.717, 1.165) is 17.8 Å². The lowest BCUT2D eigenvalue weighted by Crippen LogP contribution is -2.48. The maximum Gasteiger partial charge on any atom is 0.234 e. The van der Waals surface area contributed by atoms with E-state index in [1.807, 2.05) is 0 Å². The molecule has 0 aromatic heterocycles. The van der Waals surface area contributed by atoms with Gasteiger partial charge in [-0.15, -0.1) is 12.4 Å².